The Hall–Kier alpha value is -3.66. The van der Waals surface area contributed by atoms with Gasteiger partial charge in [-0.15, -0.1) is 0 Å². The van der Waals surface area contributed by atoms with Crippen molar-refractivity contribution in [1.29, 1.82) is 0 Å². The molecule has 0 bridgehead atoms. The molecule has 2 aromatic heterocycles. The number of thioether (sulfide) groups is 1. The van der Waals surface area contributed by atoms with Gasteiger partial charge in [0.25, 0.3) is 11.5 Å². The molecule has 1 amide bonds. The van der Waals surface area contributed by atoms with Crippen LogP contribution < -0.4 is 15.4 Å². The molecule has 0 radical (unpaired) electrons. The molecular formula is C31H28ClN5O2S2. The largest absolute Gasteiger partial charge is 0.368 e. The number of aromatic nitrogens is 2. The average molecular weight is 602 g/mol. The first-order valence-corrected chi connectivity index (χ1v) is 15.1. The molecule has 0 saturated carbocycles. The summed E-state index contributed by atoms with van der Waals surface area (Å²) in [6, 6.07) is 21.6. The van der Waals surface area contributed by atoms with Crippen molar-refractivity contribution in [3.63, 3.8) is 0 Å². The summed E-state index contributed by atoms with van der Waals surface area (Å²) < 4.78 is 2.06. The number of pyridine rings is 1. The molecule has 2 aliphatic rings. The summed E-state index contributed by atoms with van der Waals surface area (Å²) in [5, 5.41) is 0.702. The van der Waals surface area contributed by atoms with E-state index in [0.717, 1.165) is 29.9 Å². The van der Waals surface area contributed by atoms with Crippen LogP contribution in [0.1, 0.15) is 16.7 Å². The minimum atomic E-state index is -0.208. The zero-order chi connectivity index (χ0) is 28.5. The van der Waals surface area contributed by atoms with E-state index in [4.69, 9.17) is 28.8 Å². The monoisotopic (exact) mass is 601 g/mol. The number of benzene rings is 2. The van der Waals surface area contributed by atoms with Gasteiger partial charge >= 0.3 is 0 Å². The van der Waals surface area contributed by atoms with Crippen molar-refractivity contribution in [2.75, 3.05) is 42.5 Å². The van der Waals surface area contributed by atoms with Gasteiger partial charge in [0.05, 0.1) is 10.5 Å². The Morgan fingerprint density at radius 1 is 0.976 bits per heavy atom. The van der Waals surface area contributed by atoms with Gasteiger partial charge in [-0.05, 0) is 54.8 Å². The third kappa shape index (κ3) is 5.62. The van der Waals surface area contributed by atoms with Crippen LogP contribution in [0.5, 0.6) is 0 Å². The summed E-state index contributed by atoms with van der Waals surface area (Å²) in [7, 11) is 0. The van der Waals surface area contributed by atoms with Gasteiger partial charge < -0.3 is 9.80 Å². The fourth-order valence-electron chi connectivity index (χ4n) is 5.23. The van der Waals surface area contributed by atoms with E-state index in [0.29, 0.717) is 57.3 Å². The third-order valence-corrected chi connectivity index (χ3v) is 9.05. The SMILES string of the molecule is Cc1cccn2c(=O)c(/C=C3/SC(=S)N(CCc4ccccc4)C3=O)c(N3CCN(c4cccc(Cl)c4)CC3)nc12. The topological polar surface area (TPSA) is 61.2 Å². The highest BCUT2D eigenvalue weighted by Gasteiger charge is 2.33. The zero-order valence-electron chi connectivity index (χ0n) is 22.5. The summed E-state index contributed by atoms with van der Waals surface area (Å²) in [5.41, 5.74) is 3.91. The number of nitrogens with zero attached hydrogens (tertiary/aromatic N) is 5. The van der Waals surface area contributed by atoms with Crippen LogP contribution in [0.2, 0.25) is 5.02 Å². The van der Waals surface area contributed by atoms with Crippen molar-refractivity contribution in [2.24, 2.45) is 0 Å². The van der Waals surface area contributed by atoms with Crippen molar-refractivity contribution in [2.45, 2.75) is 13.3 Å². The standard InChI is InChI=1S/C31H28ClN5O2S2/c1-21-7-6-13-36-27(21)33-28(35-17-15-34(16-18-35)24-11-5-10-23(32)19-24)25(29(36)38)20-26-30(39)37(31(40)41-26)14-12-22-8-3-2-4-9-22/h2-11,13,19-20H,12,14-18H2,1H3/b26-20+. The number of fused-ring (bicyclic) bond motifs is 1. The van der Waals surface area contributed by atoms with Crippen LogP contribution in [-0.4, -0.2) is 57.2 Å². The Morgan fingerprint density at radius 2 is 1.73 bits per heavy atom. The number of anilines is 2. The van der Waals surface area contributed by atoms with Gasteiger partial charge in [-0.3, -0.25) is 18.9 Å². The summed E-state index contributed by atoms with van der Waals surface area (Å²) in [4.78, 5) is 38.8. The molecule has 2 saturated heterocycles. The average Bonchev–Trinajstić information content (AvgIpc) is 3.25. The molecule has 0 atom stereocenters. The number of halogens is 1. The highest BCUT2D eigenvalue weighted by molar-refractivity contribution is 8.26. The quantitative estimate of drug-likeness (QED) is 0.216. The lowest BCUT2D eigenvalue weighted by Crippen LogP contribution is -2.47. The van der Waals surface area contributed by atoms with Crippen LogP contribution >= 0.6 is 35.6 Å². The summed E-state index contributed by atoms with van der Waals surface area (Å²) >= 11 is 13.0. The maximum absolute atomic E-state index is 13.9. The molecule has 2 aromatic carbocycles. The second-order valence-corrected chi connectivity index (χ2v) is 12.2. The smallest absolute Gasteiger partial charge is 0.267 e. The molecule has 6 rings (SSSR count). The number of hydrogen-bond donors (Lipinski definition) is 0. The lowest BCUT2D eigenvalue weighted by molar-refractivity contribution is -0.122. The second-order valence-electron chi connectivity index (χ2n) is 10.1. The summed E-state index contributed by atoms with van der Waals surface area (Å²) in [6.45, 7) is 5.25. The summed E-state index contributed by atoms with van der Waals surface area (Å²) in [6.07, 6.45) is 4.10. The first-order chi connectivity index (χ1) is 19.9. The minimum absolute atomic E-state index is 0.179. The minimum Gasteiger partial charge on any atom is -0.368 e. The van der Waals surface area contributed by atoms with Crippen LogP contribution in [0.3, 0.4) is 0 Å². The van der Waals surface area contributed by atoms with Gasteiger partial charge in [0.2, 0.25) is 0 Å². The fourth-order valence-corrected chi connectivity index (χ4v) is 6.70. The van der Waals surface area contributed by atoms with Crippen molar-refractivity contribution in [3.05, 3.63) is 110 Å². The van der Waals surface area contributed by atoms with Gasteiger partial charge in [0, 0.05) is 49.6 Å². The molecule has 7 nitrogen and oxygen atoms in total. The number of piperazine rings is 1. The van der Waals surface area contributed by atoms with E-state index in [1.807, 2.05) is 67.6 Å². The maximum atomic E-state index is 13.9. The molecule has 0 spiro atoms. The molecule has 4 heterocycles. The highest BCUT2D eigenvalue weighted by Crippen LogP contribution is 2.34. The highest BCUT2D eigenvalue weighted by atomic mass is 35.5. The van der Waals surface area contributed by atoms with E-state index >= 15 is 0 Å². The first-order valence-electron chi connectivity index (χ1n) is 13.5. The second kappa shape index (κ2) is 11.7. The summed E-state index contributed by atoms with van der Waals surface area (Å²) in [5.74, 6) is 0.408. The number of hydrogen-bond acceptors (Lipinski definition) is 7. The molecule has 2 aliphatic heterocycles. The van der Waals surface area contributed by atoms with Crippen LogP contribution in [0.4, 0.5) is 11.5 Å². The normalized spacial score (nSPS) is 16.8. The van der Waals surface area contributed by atoms with Crippen molar-refractivity contribution in [1.82, 2.24) is 14.3 Å². The molecular weight excluding hydrogens is 574 g/mol. The number of thiocarbonyl (C=S) groups is 1. The van der Waals surface area contributed by atoms with Gasteiger partial charge in [-0.2, -0.15) is 0 Å². The van der Waals surface area contributed by atoms with Crippen LogP contribution in [0.25, 0.3) is 11.7 Å². The molecule has 41 heavy (non-hydrogen) atoms. The molecule has 0 N–H and O–H groups in total. The molecule has 4 aromatic rings. The van der Waals surface area contributed by atoms with Crippen molar-refractivity contribution < 1.29 is 4.79 Å². The fraction of sp³-hybridized carbons (Fsp3) is 0.226. The predicted octanol–water partition coefficient (Wildman–Crippen LogP) is 5.43. The number of rotatable bonds is 6. The van der Waals surface area contributed by atoms with Crippen molar-refractivity contribution >= 4 is 69.0 Å². The van der Waals surface area contributed by atoms with Crippen LogP contribution in [0, 0.1) is 6.92 Å². The van der Waals surface area contributed by atoms with E-state index in [1.165, 1.54) is 11.8 Å². The van der Waals surface area contributed by atoms with E-state index in [9.17, 15) is 9.59 Å². The maximum Gasteiger partial charge on any atom is 0.267 e. The van der Waals surface area contributed by atoms with E-state index in [-0.39, 0.29) is 11.5 Å². The Labute approximate surface area is 253 Å². The lowest BCUT2D eigenvalue weighted by Gasteiger charge is -2.37. The number of carbonyl (C=O) groups is 1. The van der Waals surface area contributed by atoms with Gasteiger partial charge in [0.15, 0.2) is 0 Å². The zero-order valence-corrected chi connectivity index (χ0v) is 24.9. The molecule has 10 heteroatoms. The molecule has 0 aliphatic carbocycles. The van der Waals surface area contributed by atoms with Crippen LogP contribution in [-0.2, 0) is 11.2 Å². The van der Waals surface area contributed by atoms with E-state index in [2.05, 4.69) is 15.9 Å². The third-order valence-electron chi connectivity index (χ3n) is 7.43. The van der Waals surface area contributed by atoms with Crippen LogP contribution in [0.15, 0.2) is 82.6 Å². The molecule has 0 unspecified atom stereocenters. The number of aryl methyl sites for hydroxylation is 1. The Morgan fingerprint density at radius 3 is 2.49 bits per heavy atom. The van der Waals surface area contributed by atoms with Crippen molar-refractivity contribution in [3.8, 4) is 0 Å². The van der Waals surface area contributed by atoms with Gasteiger partial charge in [-0.25, -0.2) is 4.98 Å². The lowest BCUT2D eigenvalue weighted by atomic mass is 10.1. The Bertz CT molecular complexity index is 1730. The number of amides is 1. The number of carbonyl (C=O) groups excluding carboxylic acids is 1. The molecule has 2 fully saturated rings. The molecule has 208 valence electrons. The van der Waals surface area contributed by atoms with E-state index in [1.54, 1.807) is 21.6 Å². The van der Waals surface area contributed by atoms with Gasteiger partial charge in [0.1, 0.15) is 15.8 Å². The Balaban J connectivity index is 1.32. The predicted molar refractivity (Wildman–Crippen MR) is 172 cm³/mol. The first kappa shape index (κ1) is 27.5. The van der Waals surface area contributed by atoms with E-state index < -0.39 is 0 Å². The Kier molecular flexibility index (Phi) is 7.84. The van der Waals surface area contributed by atoms with Gasteiger partial charge in [-0.1, -0.05) is 78.0 Å².